The summed E-state index contributed by atoms with van der Waals surface area (Å²) in [7, 11) is 1.99. The molecule has 0 bridgehead atoms. The predicted molar refractivity (Wildman–Crippen MR) is 105 cm³/mol. The number of rotatable bonds is 4. The fourth-order valence-corrected chi connectivity index (χ4v) is 3.29. The van der Waals surface area contributed by atoms with Gasteiger partial charge in [-0.25, -0.2) is 4.98 Å². The number of aromatic nitrogens is 5. The number of hydrogen-bond acceptors (Lipinski definition) is 4. The van der Waals surface area contributed by atoms with Gasteiger partial charge in [0.25, 0.3) is 0 Å². The average Bonchev–Trinajstić information content (AvgIpc) is 3.11. The molecular weight excluding hydrogens is 324 g/mol. The minimum Gasteiger partial charge on any atom is -0.364 e. The Morgan fingerprint density at radius 1 is 1.08 bits per heavy atom. The van der Waals surface area contributed by atoms with E-state index in [-0.39, 0.29) is 0 Å². The van der Waals surface area contributed by atoms with E-state index < -0.39 is 0 Å². The number of nitrogens with one attached hydrogen (secondary N) is 1. The zero-order valence-electron chi connectivity index (χ0n) is 15.9. The second-order valence-corrected chi connectivity index (χ2v) is 7.22. The first-order valence-electron chi connectivity index (χ1n) is 8.96. The highest BCUT2D eigenvalue weighted by molar-refractivity contribution is 5.82. The van der Waals surface area contributed by atoms with Gasteiger partial charge in [-0.1, -0.05) is 25.5 Å². The first kappa shape index (κ1) is 16.6. The van der Waals surface area contributed by atoms with Gasteiger partial charge in [0.15, 0.2) is 5.65 Å². The maximum atomic E-state index is 4.72. The molecule has 6 nitrogen and oxygen atoms in total. The van der Waals surface area contributed by atoms with E-state index in [0.717, 1.165) is 34.1 Å². The monoisotopic (exact) mass is 348 g/mol. The highest BCUT2D eigenvalue weighted by Gasteiger charge is 2.13. The summed E-state index contributed by atoms with van der Waals surface area (Å²) in [6.45, 7) is 9.04. The summed E-state index contributed by atoms with van der Waals surface area (Å²) >= 11 is 0. The summed E-state index contributed by atoms with van der Waals surface area (Å²) in [5.41, 5.74) is 6.30. The fourth-order valence-electron chi connectivity index (χ4n) is 3.29. The van der Waals surface area contributed by atoms with Gasteiger partial charge in [-0.15, -0.1) is 0 Å². The molecule has 4 aromatic rings. The van der Waals surface area contributed by atoms with Crippen LogP contribution >= 0.6 is 0 Å². The molecule has 26 heavy (non-hydrogen) atoms. The lowest BCUT2D eigenvalue weighted by atomic mass is 10.1. The van der Waals surface area contributed by atoms with E-state index >= 15 is 0 Å². The van der Waals surface area contributed by atoms with Crippen LogP contribution in [-0.2, 0) is 13.6 Å². The van der Waals surface area contributed by atoms with E-state index in [1.54, 1.807) is 0 Å². The third kappa shape index (κ3) is 2.81. The van der Waals surface area contributed by atoms with Gasteiger partial charge in [-0.2, -0.15) is 14.7 Å². The van der Waals surface area contributed by atoms with Crippen molar-refractivity contribution in [2.24, 2.45) is 7.05 Å². The fraction of sp³-hybridized carbons (Fsp3) is 0.350. The van der Waals surface area contributed by atoms with Gasteiger partial charge in [-0.05, 0) is 31.9 Å². The molecule has 0 aliphatic carbocycles. The van der Waals surface area contributed by atoms with Gasteiger partial charge in [0, 0.05) is 30.3 Å². The van der Waals surface area contributed by atoms with Crippen LogP contribution in [0.2, 0.25) is 0 Å². The van der Waals surface area contributed by atoms with Crippen LogP contribution in [-0.4, -0.2) is 24.4 Å². The molecule has 134 valence electrons. The van der Waals surface area contributed by atoms with Crippen LogP contribution < -0.4 is 5.32 Å². The third-order valence-electron chi connectivity index (χ3n) is 4.68. The lowest BCUT2D eigenvalue weighted by molar-refractivity contribution is 0.768. The molecular formula is C20H24N6. The second kappa shape index (κ2) is 6.12. The van der Waals surface area contributed by atoms with Crippen LogP contribution in [0.25, 0.3) is 16.6 Å². The zero-order valence-corrected chi connectivity index (χ0v) is 15.9. The molecule has 0 unspecified atom stereocenters. The van der Waals surface area contributed by atoms with Crippen LogP contribution in [0.15, 0.2) is 30.3 Å². The lowest BCUT2D eigenvalue weighted by Crippen LogP contribution is -2.09. The van der Waals surface area contributed by atoms with Crippen molar-refractivity contribution in [1.29, 1.82) is 0 Å². The summed E-state index contributed by atoms with van der Waals surface area (Å²) in [4.78, 5) is 4.72. The van der Waals surface area contributed by atoms with E-state index in [0.29, 0.717) is 12.5 Å². The highest BCUT2D eigenvalue weighted by Crippen LogP contribution is 2.23. The number of benzene rings is 1. The summed E-state index contributed by atoms with van der Waals surface area (Å²) in [5.74, 6) is 1.30. The Hall–Kier alpha value is -2.89. The Morgan fingerprint density at radius 2 is 1.88 bits per heavy atom. The van der Waals surface area contributed by atoms with Crippen LogP contribution in [0, 0.1) is 13.8 Å². The highest BCUT2D eigenvalue weighted by atomic mass is 15.3. The molecule has 0 atom stereocenters. The lowest BCUT2D eigenvalue weighted by Gasteiger charge is -2.11. The predicted octanol–water partition coefficient (Wildman–Crippen LogP) is 3.97. The van der Waals surface area contributed by atoms with Gasteiger partial charge >= 0.3 is 0 Å². The van der Waals surface area contributed by atoms with Crippen molar-refractivity contribution in [2.45, 2.75) is 40.2 Å². The number of nitrogens with zero attached hydrogens (tertiary/aromatic N) is 5. The van der Waals surface area contributed by atoms with E-state index in [9.17, 15) is 0 Å². The molecule has 0 aliphatic rings. The summed E-state index contributed by atoms with van der Waals surface area (Å²) < 4.78 is 3.81. The Kier molecular flexibility index (Phi) is 3.90. The molecule has 0 saturated carbocycles. The van der Waals surface area contributed by atoms with Crippen LogP contribution in [0.3, 0.4) is 0 Å². The van der Waals surface area contributed by atoms with Gasteiger partial charge in [0.2, 0.25) is 0 Å². The van der Waals surface area contributed by atoms with Crippen molar-refractivity contribution < 1.29 is 0 Å². The number of fused-ring (bicyclic) bond motifs is 2. The van der Waals surface area contributed by atoms with Gasteiger partial charge in [-0.3, -0.25) is 4.68 Å². The van der Waals surface area contributed by atoms with Crippen molar-refractivity contribution in [1.82, 2.24) is 24.4 Å². The summed E-state index contributed by atoms with van der Waals surface area (Å²) in [5, 5.41) is 14.0. The average molecular weight is 348 g/mol. The number of anilines is 1. The Labute approximate surface area is 152 Å². The number of aryl methyl sites for hydroxylation is 3. The topological polar surface area (TPSA) is 60.0 Å². The van der Waals surface area contributed by atoms with Crippen molar-refractivity contribution >= 4 is 22.4 Å². The van der Waals surface area contributed by atoms with Crippen LogP contribution in [0.1, 0.15) is 42.4 Å². The maximum absolute atomic E-state index is 4.72. The summed E-state index contributed by atoms with van der Waals surface area (Å²) in [6.07, 6.45) is 0. The molecule has 0 fully saturated rings. The van der Waals surface area contributed by atoms with Gasteiger partial charge in [0.1, 0.15) is 5.82 Å². The van der Waals surface area contributed by atoms with E-state index in [2.05, 4.69) is 55.5 Å². The molecule has 0 radical (unpaired) electrons. The van der Waals surface area contributed by atoms with Gasteiger partial charge in [0.05, 0.1) is 23.4 Å². The Morgan fingerprint density at radius 3 is 2.65 bits per heavy atom. The molecule has 3 heterocycles. The van der Waals surface area contributed by atoms with E-state index in [1.165, 1.54) is 10.9 Å². The van der Waals surface area contributed by atoms with E-state index in [4.69, 9.17) is 10.1 Å². The number of hydrogen-bond donors (Lipinski definition) is 1. The smallest absolute Gasteiger partial charge is 0.157 e. The minimum atomic E-state index is 0.356. The molecule has 0 amide bonds. The van der Waals surface area contributed by atoms with Crippen molar-refractivity contribution in [3.05, 3.63) is 53.0 Å². The quantitative estimate of drug-likeness (QED) is 0.606. The van der Waals surface area contributed by atoms with Crippen molar-refractivity contribution in [3.8, 4) is 0 Å². The zero-order chi connectivity index (χ0) is 18.4. The molecule has 4 rings (SSSR count). The normalized spacial score (nSPS) is 11.8. The molecule has 0 spiro atoms. The standard InChI is InChI=1S/C20H24N6/c1-12(2)16-10-19(26-20(22-16)9-14(4)23-26)21-11-17-15-8-13(3)6-7-18(15)25(5)24-17/h6-10,12,21H,11H2,1-5H3. The van der Waals surface area contributed by atoms with E-state index in [1.807, 2.05) is 29.2 Å². The van der Waals surface area contributed by atoms with Crippen molar-refractivity contribution in [3.63, 3.8) is 0 Å². The summed E-state index contributed by atoms with van der Waals surface area (Å²) in [6, 6.07) is 10.5. The SMILES string of the molecule is Cc1ccc2c(c1)c(CNc1cc(C(C)C)nc3cc(C)nn13)nn2C. The largest absolute Gasteiger partial charge is 0.364 e. The third-order valence-corrected chi connectivity index (χ3v) is 4.68. The van der Waals surface area contributed by atoms with Crippen LogP contribution in [0.5, 0.6) is 0 Å². The molecule has 0 saturated heterocycles. The molecule has 6 heteroatoms. The van der Waals surface area contributed by atoms with Crippen molar-refractivity contribution in [2.75, 3.05) is 5.32 Å². The van der Waals surface area contributed by atoms with Gasteiger partial charge < -0.3 is 5.32 Å². The maximum Gasteiger partial charge on any atom is 0.157 e. The molecule has 3 aromatic heterocycles. The second-order valence-electron chi connectivity index (χ2n) is 7.22. The Balaban J connectivity index is 1.73. The minimum absolute atomic E-state index is 0.356. The Bertz CT molecular complexity index is 1100. The molecule has 1 aromatic carbocycles. The first-order chi connectivity index (χ1) is 12.4. The van der Waals surface area contributed by atoms with Crippen LogP contribution in [0.4, 0.5) is 5.82 Å². The molecule has 1 N–H and O–H groups in total. The molecule has 0 aliphatic heterocycles. The first-order valence-corrected chi connectivity index (χ1v) is 8.96.